The molecule has 1 aromatic heterocycles. The molecule has 0 radical (unpaired) electrons. The van der Waals surface area contributed by atoms with Crippen molar-refractivity contribution in [2.75, 3.05) is 5.73 Å². The minimum Gasteiger partial charge on any atom is -0.398 e. The van der Waals surface area contributed by atoms with Gasteiger partial charge in [-0.15, -0.1) is 0 Å². The third-order valence-corrected chi connectivity index (χ3v) is 2.51. The zero-order chi connectivity index (χ0) is 11.9. The van der Waals surface area contributed by atoms with Crippen LogP contribution in [0.4, 0.5) is 5.69 Å². The van der Waals surface area contributed by atoms with Crippen LogP contribution in [-0.4, -0.2) is 14.8 Å². The average Bonchev–Trinajstić information content (AvgIpc) is 2.53. The summed E-state index contributed by atoms with van der Waals surface area (Å²) < 4.78 is 1.02. The van der Waals surface area contributed by atoms with Crippen LogP contribution in [0.15, 0.2) is 21.7 Å². The number of H-pyrrole nitrogens is 2. The molecule has 0 saturated heterocycles. The van der Waals surface area contributed by atoms with Crippen LogP contribution in [-0.2, 0) is 0 Å². The van der Waals surface area contributed by atoms with Gasteiger partial charge in [0.25, 0.3) is 0 Å². The fraction of sp³-hybridized carbons (Fsp3) is 0.200. The molecule has 0 amide bonds. The van der Waals surface area contributed by atoms with Crippen molar-refractivity contribution in [2.45, 2.75) is 13.8 Å². The summed E-state index contributed by atoms with van der Waals surface area (Å²) in [6.07, 6.45) is 0. The van der Waals surface area contributed by atoms with Gasteiger partial charge in [0.15, 0.2) is 0 Å². The Bertz CT molecular complexity index is 620. The number of nitrogen functional groups attached to an aromatic ring is 1. The molecule has 0 atom stereocenters. The molecule has 6 heteroatoms. The van der Waals surface area contributed by atoms with E-state index in [2.05, 4.69) is 10.2 Å². The second-order valence-corrected chi connectivity index (χ2v) is 3.69. The highest BCUT2D eigenvalue weighted by Gasteiger charge is 2.10. The van der Waals surface area contributed by atoms with E-state index in [9.17, 15) is 9.59 Å². The van der Waals surface area contributed by atoms with E-state index in [-0.39, 0.29) is 0 Å². The molecule has 0 aliphatic rings. The monoisotopic (exact) mass is 220 g/mol. The summed E-state index contributed by atoms with van der Waals surface area (Å²) >= 11 is 0. The molecule has 0 aliphatic carbocycles. The van der Waals surface area contributed by atoms with E-state index in [4.69, 9.17) is 5.73 Å². The summed E-state index contributed by atoms with van der Waals surface area (Å²) in [5.41, 5.74) is 7.53. The van der Waals surface area contributed by atoms with E-state index in [1.54, 1.807) is 6.07 Å². The summed E-state index contributed by atoms with van der Waals surface area (Å²) in [4.78, 5) is 22.8. The van der Waals surface area contributed by atoms with Crippen LogP contribution in [0, 0.1) is 13.8 Å². The van der Waals surface area contributed by atoms with Crippen LogP contribution < -0.4 is 17.1 Å². The van der Waals surface area contributed by atoms with Crippen molar-refractivity contribution < 1.29 is 0 Å². The lowest BCUT2D eigenvalue weighted by Crippen LogP contribution is -2.25. The molecule has 2 aromatic rings. The van der Waals surface area contributed by atoms with Gasteiger partial charge >= 0.3 is 11.4 Å². The van der Waals surface area contributed by atoms with Gasteiger partial charge in [-0.1, -0.05) is 6.07 Å². The van der Waals surface area contributed by atoms with Crippen molar-refractivity contribution in [1.29, 1.82) is 0 Å². The molecule has 0 saturated carbocycles. The van der Waals surface area contributed by atoms with Gasteiger partial charge < -0.3 is 5.73 Å². The van der Waals surface area contributed by atoms with Crippen LogP contribution in [0.2, 0.25) is 0 Å². The first-order chi connectivity index (χ1) is 7.50. The van der Waals surface area contributed by atoms with E-state index < -0.39 is 11.4 Å². The Morgan fingerprint density at radius 1 is 1.06 bits per heavy atom. The normalized spacial score (nSPS) is 10.6. The maximum Gasteiger partial charge on any atom is 0.348 e. The van der Waals surface area contributed by atoms with Crippen molar-refractivity contribution in [1.82, 2.24) is 14.8 Å². The number of aryl methyl sites for hydroxylation is 2. The number of hydrogen-bond donors (Lipinski definition) is 3. The Hall–Kier alpha value is -2.24. The van der Waals surface area contributed by atoms with Crippen molar-refractivity contribution in [3.05, 3.63) is 44.2 Å². The molecule has 0 fully saturated rings. The van der Waals surface area contributed by atoms with Crippen molar-refractivity contribution >= 4 is 5.69 Å². The number of nitrogens with two attached hydrogens (primary N) is 1. The highest BCUT2D eigenvalue weighted by Crippen LogP contribution is 2.19. The van der Waals surface area contributed by atoms with Crippen LogP contribution in [0.5, 0.6) is 0 Å². The number of hydrogen-bond acceptors (Lipinski definition) is 3. The summed E-state index contributed by atoms with van der Waals surface area (Å²) in [5, 5.41) is 4.45. The summed E-state index contributed by atoms with van der Waals surface area (Å²) in [5.74, 6) is 0. The first kappa shape index (κ1) is 10.3. The smallest absolute Gasteiger partial charge is 0.348 e. The predicted molar refractivity (Wildman–Crippen MR) is 60.9 cm³/mol. The van der Waals surface area contributed by atoms with Crippen LogP contribution >= 0.6 is 0 Å². The van der Waals surface area contributed by atoms with E-state index in [0.29, 0.717) is 11.4 Å². The van der Waals surface area contributed by atoms with Crippen molar-refractivity contribution in [3.63, 3.8) is 0 Å². The van der Waals surface area contributed by atoms with E-state index >= 15 is 0 Å². The Morgan fingerprint density at radius 2 is 1.62 bits per heavy atom. The Kier molecular flexibility index (Phi) is 2.19. The Morgan fingerprint density at radius 3 is 2.19 bits per heavy atom. The lowest BCUT2D eigenvalue weighted by atomic mass is 10.1. The van der Waals surface area contributed by atoms with Gasteiger partial charge in [-0.25, -0.2) is 24.4 Å². The third-order valence-electron chi connectivity index (χ3n) is 2.51. The molecule has 2 rings (SSSR count). The molecule has 4 N–H and O–H groups in total. The summed E-state index contributed by atoms with van der Waals surface area (Å²) in [6.45, 7) is 3.69. The van der Waals surface area contributed by atoms with Gasteiger partial charge in [-0.3, -0.25) is 0 Å². The minimum absolute atomic E-state index is 0.496. The topological polar surface area (TPSA) is 96.7 Å². The molecule has 0 unspecified atom stereocenters. The summed E-state index contributed by atoms with van der Waals surface area (Å²) in [6, 6.07) is 3.46. The van der Waals surface area contributed by atoms with E-state index in [1.807, 2.05) is 19.9 Å². The lowest BCUT2D eigenvalue weighted by molar-refractivity contribution is 0.940. The maximum atomic E-state index is 11.4. The van der Waals surface area contributed by atoms with Gasteiger partial charge in [0.1, 0.15) is 0 Å². The van der Waals surface area contributed by atoms with Crippen LogP contribution in [0.3, 0.4) is 0 Å². The largest absolute Gasteiger partial charge is 0.398 e. The molecule has 1 heterocycles. The quantitative estimate of drug-likeness (QED) is 0.592. The molecule has 1 aromatic carbocycles. The first-order valence-electron chi connectivity index (χ1n) is 4.77. The zero-order valence-electron chi connectivity index (χ0n) is 9.00. The molecule has 84 valence electrons. The number of aromatic amines is 2. The van der Waals surface area contributed by atoms with E-state index in [1.165, 1.54) is 0 Å². The maximum absolute atomic E-state index is 11.4. The van der Waals surface area contributed by atoms with Gasteiger partial charge in [-0.05, 0) is 31.0 Å². The highest BCUT2D eigenvalue weighted by atomic mass is 16.2. The standard InChI is InChI=1S/C10H12N4O2/c1-5-3-6(2)8(4-7(5)11)14-9(15)12-13-10(14)16/h3-4H,11H2,1-2H3,(H,12,15)(H,13,16). The van der Waals surface area contributed by atoms with Gasteiger partial charge in [0.2, 0.25) is 0 Å². The third kappa shape index (κ3) is 1.44. The second kappa shape index (κ2) is 3.41. The van der Waals surface area contributed by atoms with Gasteiger partial charge in [-0.2, -0.15) is 0 Å². The van der Waals surface area contributed by atoms with Gasteiger partial charge in [0, 0.05) is 5.69 Å². The molecular formula is C10H12N4O2. The van der Waals surface area contributed by atoms with E-state index in [0.717, 1.165) is 15.7 Å². The van der Waals surface area contributed by atoms with Gasteiger partial charge in [0.05, 0.1) is 5.69 Å². The zero-order valence-corrected chi connectivity index (χ0v) is 9.00. The van der Waals surface area contributed by atoms with Crippen LogP contribution in [0.1, 0.15) is 11.1 Å². The fourth-order valence-corrected chi connectivity index (χ4v) is 1.63. The Labute approximate surface area is 90.7 Å². The predicted octanol–water partition coefficient (Wildman–Crippen LogP) is 0.0529. The molecule has 0 aliphatic heterocycles. The Balaban J connectivity index is 2.80. The molecule has 0 bridgehead atoms. The summed E-state index contributed by atoms with van der Waals surface area (Å²) in [7, 11) is 0. The first-order valence-corrected chi connectivity index (χ1v) is 4.77. The number of benzene rings is 1. The molecule has 0 spiro atoms. The number of rotatable bonds is 1. The number of nitrogens with one attached hydrogen (secondary N) is 2. The number of aromatic nitrogens is 3. The SMILES string of the molecule is Cc1cc(C)c(-n2c(=O)[nH][nH]c2=O)cc1N. The average molecular weight is 220 g/mol. The van der Waals surface area contributed by atoms with Crippen LogP contribution in [0.25, 0.3) is 5.69 Å². The fourth-order valence-electron chi connectivity index (χ4n) is 1.63. The van der Waals surface area contributed by atoms with Crippen molar-refractivity contribution in [3.8, 4) is 5.69 Å². The molecule has 16 heavy (non-hydrogen) atoms. The second-order valence-electron chi connectivity index (χ2n) is 3.69. The van der Waals surface area contributed by atoms with Crippen molar-refractivity contribution in [2.24, 2.45) is 0 Å². The number of nitrogens with zero attached hydrogens (tertiary/aromatic N) is 1. The molecular weight excluding hydrogens is 208 g/mol. The lowest BCUT2D eigenvalue weighted by Gasteiger charge is -2.08. The highest BCUT2D eigenvalue weighted by molar-refractivity contribution is 5.57. The minimum atomic E-state index is -0.503. The molecule has 6 nitrogen and oxygen atoms in total. The number of anilines is 1.